The van der Waals surface area contributed by atoms with E-state index in [1.807, 2.05) is 6.64 Å². The summed E-state index contributed by atoms with van der Waals surface area (Å²) in [7, 11) is 0. The van der Waals surface area contributed by atoms with Crippen LogP contribution in [0.4, 0.5) is 26.3 Å². The predicted molar refractivity (Wildman–Crippen MR) is 39.0 cm³/mol. The van der Waals surface area contributed by atoms with Crippen LogP contribution in [0.2, 0.25) is 0 Å². The molecule has 13 heteroatoms. The fraction of sp³-hybridized carbons (Fsp3) is 1.00. The molecular formula is C2F6GeN2O2S2. The Balaban J connectivity index is 5.93. The van der Waals surface area contributed by atoms with Crippen LogP contribution < -0.4 is 0 Å². The van der Waals surface area contributed by atoms with Crippen LogP contribution in [-0.2, 0) is 22.9 Å². The van der Waals surface area contributed by atoms with Crippen LogP contribution in [-0.4, -0.2) is 32.1 Å². The van der Waals surface area contributed by atoms with E-state index in [2.05, 4.69) is 0 Å². The Kier molecular flexibility index (Phi) is 4.66. The van der Waals surface area contributed by atoms with Gasteiger partial charge in [0.15, 0.2) is 0 Å². The maximum absolute atomic E-state index is 12.1. The van der Waals surface area contributed by atoms with E-state index in [0.29, 0.717) is 0 Å². The van der Waals surface area contributed by atoms with Gasteiger partial charge >= 0.3 is 88.1 Å². The standard InChI is InChI=1S/C2F6GeN2O2S2/c3-1(4,5)9(10-14-12,11-15-13)2(6,7)8. The normalized spacial score (nSPS) is 13.2. The van der Waals surface area contributed by atoms with Crippen molar-refractivity contribution < 1.29 is 34.8 Å². The van der Waals surface area contributed by atoms with Gasteiger partial charge in [-0.3, -0.25) is 0 Å². The van der Waals surface area contributed by atoms with Crippen molar-refractivity contribution in [2.75, 3.05) is 0 Å². The molecule has 0 aromatic rings. The van der Waals surface area contributed by atoms with Crippen molar-refractivity contribution in [2.24, 2.45) is 6.64 Å². The first-order valence-corrected chi connectivity index (χ1v) is 8.15. The zero-order valence-electron chi connectivity index (χ0n) is 6.30. The minimum atomic E-state index is -7.23. The Hall–Kier alpha value is -0.237. The SMILES string of the molecule is O=S=[N][Ge]([N]=S=O)([C](F)(F)F)[C](F)(F)F. The van der Waals surface area contributed by atoms with Crippen molar-refractivity contribution in [1.29, 1.82) is 0 Å². The summed E-state index contributed by atoms with van der Waals surface area (Å²) in [6.45, 7) is 0. The summed E-state index contributed by atoms with van der Waals surface area (Å²) in [4.78, 5) is 0. The first-order chi connectivity index (χ1) is 6.62. The quantitative estimate of drug-likeness (QED) is 0.566. The Morgan fingerprint density at radius 2 is 1.07 bits per heavy atom. The number of hydrogen-bond acceptors (Lipinski definition) is 4. The van der Waals surface area contributed by atoms with Crippen molar-refractivity contribution >= 4 is 36.6 Å². The van der Waals surface area contributed by atoms with Crippen LogP contribution in [0, 0.1) is 0 Å². The van der Waals surface area contributed by atoms with Crippen LogP contribution in [0.3, 0.4) is 0 Å². The second kappa shape index (κ2) is 4.73. The zero-order chi connectivity index (χ0) is 12.3. The number of halogens is 6. The van der Waals surface area contributed by atoms with E-state index in [4.69, 9.17) is 0 Å². The summed E-state index contributed by atoms with van der Waals surface area (Å²) in [6.07, 6.45) is 0. The van der Waals surface area contributed by atoms with Crippen LogP contribution in [0.5, 0.6) is 0 Å². The van der Waals surface area contributed by atoms with E-state index in [0.717, 1.165) is 0 Å². The Morgan fingerprint density at radius 1 is 0.800 bits per heavy atom. The van der Waals surface area contributed by atoms with Gasteiger partial charge in [-0.15, -0.1) is 0 Å². The summed E-state index contributed by atoms with van der Waals surface area (Å²) >= 11 is -9.68. The molecule has 0 saturated carbocycles. The Bertz CT molecular complexity index is 306. The molecule has 0 N–H and O–H groups in total. The molecule has 0 amide bonds. The first-order valence-electron chi connectivity index (χ1n) is 2.78. The molecule has 0 rings (SSSR count). The van der Waals surface area contributed by atoms with Crippen LogP contribution in [0.15, 0.2) is 6.64 Å². The number of rotatable bonds is 2. The zero-order valence-corrected chi connectivity index (χ0v) is 10.0. The molecule has 0 heterocycles. The van der Waals surface area contributed by atoms with Crippen molar-refractivity contribution in [3.05, 3.63) is 0 Å². The predicted octanol–water partition coefficient (Wildman–Crippen LogP) is 1.42. The molecule has 88 valence electrons. The van der Waals surface area contributed by atoms with Crippen LogP contribution in [0.1, 0.15) is 0 Å². The maximum atomic E-state index is 12.1. The Labute approximate surface area is 88.3 Å². The summed E-state index contributed by atoms with van der Waals surface area (Å²) in [5.74, 6) is 0. The molecule has 0 aliphatic heterocycles. The summed E-state index contributed by atoms with van der Waals surface area (Å²) in [6, 6.07) is 0. The van der Waals surface area contributed by atoms with Crippen molar-refractivity contribution in [3.63, 3.8) is 0 Å². The molecule has 0 aromatic carbocycles. The fourth-order valence-corrected chi connectivity index (χ4v) is 6.52. The minimum absolute atomic E-state index is 1.23. The second-order valence-corrected chi connectivity index (χ2v) is 10.2. The average molecular weight is 335 g/mol. The van der Waals surface area contributed by atoms with Gasteiger partial charge in [-0.25, -0.2) is 0 Å². The molecule has 0 aliphatic carbocycles. The molecule has 0 aromatic heterocycles. The topological polar surface area (TPSA) is 58.9 Å². The summed E-state index contributed by atoms with van der Waals surface area (Å²) in [5.41, 5.74) is 0. The molecule has 0 bridgehead atoms. The van der Waals surface area contributed by atoms with Crippen molar-refractivity contribution in [1.82, 2.24) is 0 Å². The fourth-order valence-electron chi connectivity index (χ4n) is 0.492. The first kappa shape index (κ1) is 14.8. The van der Waals surface area contributed by atoms with Crippen LogP contribution >= 0.6 is 0 Å². The second-order valence-electron chi connectivity index (χ2n) is 2.00. The van der Waals surface area contributed by atoms with Gasteiger partial charge in [0.1, 0.15) is 0 Å². The monoisotopic (exact) mass is 336 g/mol. The van der Waals surface area contributed by atoms with Crippen molar-refractivity contribution in [2.45, 2.75) is 10.0 Å². The molecule has 15 heavy (non-hydrogen) atoms. The molecule has 0 saturated heterocycles. The van der Waals surface area contributed by atoms with Gasteiger partial charge in [-0.05, 0) is 0 Å². The van der Waals surface area contributed by atoms with E-state index < -0.39 is 46.7 Å². The molecule has 0 aliphatic rings. The average Bonchev–Trinajstić information content (AvgIpc) is 1.99. The molecule has 0 unspecified atom stereocenters. The Morgan fingerprint density at radius 3 is 1.20 bits per heavy atom. The van der Waals surface area contributed by atoms with Gasteiger partial charge in [0.25, 0.3) is 0 Å². The number of hydrogen-bond donors (Lipinski definition) is 0. The van der Waals surface area contributed by atoms with E-state index >= 15 is 0 Å². The van der Waals surface area contributed by atoms with Gasteiger partial charge in [0.2, 0.25) is 0 Å². The van der Waals surface area contributed by atoms with Gasteiger partial charge < -0.3 is 0 Å². The molecular weight excluding hydrogens is 335 g/mol. The molecule has 0 radical (unpaired) electrons. The van der Waals surface area contributed by atoms with E-state index in [-0.39, 0.29) is 0 Å². The van der Waals surface area contributed by atoms with Gasteiger partial charge in [0, 0.05) is 0 Å². The molecule has 0 spiro atoms. The molecule has 0 fully saturated rings. The summed E-state index contributed by atoms with van der Waals surface area (Å²) < 4.78 is 96.0. The number of alkyl halides is 6. The summed E-state index contributed by atoms with van der Waals surface area (Å²) in [5, 5.41) is -11.6. The van der Waals surface area contributed by atoms with E-state index in [9.17, 15) is 34.8 Å². The number of nitrogens with zero attached hydrogens (tertiary/aromatic N) is 2. The third kappa shape index (κ3) is 2.87. The van der Waals surface area contributed by atoms with Crippen LogP contribution in [0.25, 0.3) is 0 Å². The van der Waals surface area contributed by atoms with Gasteiger partial charge in [-0.1, -0.05) is 0 Å². The van der Waals surface area contributed by atoms with Crippen molar-refractivity contribution in [3.8, 4) is 0 Å². The van der Waals surface area contributed by atoms with Gasteiger partial charge in [-0.2, -0.15) is 0 Å². The molecule has 4 nitrogen and oxygen atoms in total. The molecule has 0 atom stereocenters. The van der Waals surface area contributed by atoms with Gasteiger partial charge in [0.05, 0.1) is 0 Å². The third-order valence-corrected chi connectivity index (χ3v) is 9.39. The van der Waals surface area contributed by atoms with E-state index in [1.165, 1.54) is 0 Å². The third-order valence-electron chi connectivity index (χ3n) is 1.13. The van der Waals surface area contributed by atoms with E-state index in [1.54, 1.807) is 0 Å².